The molecule has 106 valence electrons. The molecule has 0 aliphatic rings. The van der Waals surface area contributed by atoms with Gasteiger partial charge in [-0.1, -0.05) is 38.1 Å². The molecule has 1 aromatic rings. The zero-order valence-electron chi connectivity index (χ0n) is 12.5. The van der Waals surface area contributed by atoms with Crippen molar-refractivity contribution >= 4 is 5.91 Å². The van der Waals surface area contributed by atoms with Crippen LogP contribution >= 0.6 is 0 Å². The van der Waals surface area contributed by atoms with Gasteiger partial charge < -0.3 is 11.1 Å². The summed E-state index contributed by atoms with van der Waals surface area (Å²) < 4.78 is 0. The second-order valence-corrected chi connectivity index (χ2v) is 5.97. The first-order valence-corrected chi connectivity index (χ1v) is 6.96. The number of nitrogens with two attached hydrogens (primary N) is 1. The Hall–Kier alpha value is -1.35. The minimum atomic E-state index is -0.359. The van der Waals surface area contributed by atoms with Crippen LogP contribution in [-0.4, -0.2) is 18.0 Å². The summed E-state index contributed by atoms with van der Waals surface area (Å²) in [6.07, 6.45) is 1.54. The van der Waals surface area contributed by atoms with Crippen LogP contribution in [0.3, 0.4) is 0 Å². The van der Waals surface area contributed by atoms with Gasteiger partial charge in [0.1, 0.15) is 0 Å². The number of carbonyl (C=O) groups excluding carboxylic acids is 1. The van der Waals surface area contributed by atoms with E-state index in [1.807, 2.05) is 13.8 Å². The lowest BCUT2D eigenvalue weighted by molar-refractivity contribution is -0.121. The smallest absolute Gasteiger partial charge is 0.220 e. The van der Waals surface area contributed by atoms with Gasteiger partial charge in [-0.25, -0.2) is 0 Å². The molecule has 0 spiro atoms. The van der Waals surface area contributed by atoms with Crippen molar-refractivity contribution < 1.29 is 4.79 Å². The Labute approximate surface area is 116 Å². The van der Waals surface area contributed by atoms with Gasteiger partial charge in [-0.05, 0) is 37.3 Å². The lowest BCUT2D eigenvalue weighted by Crippen LogP contribution is -2.45. The van der Waals surface area contributed by atoms with E-state index in [-0.39, 0.29) is 17.4 Å². The van der Waals surface area contributed by atoms with Crippen molar-refractivity contribution in [3.05, 3.63) is 35.4 Å². The van der Waals surface area contributed by atoms with Crippen LogP contribution in [0.5, 0.6) is 0 Å². The second kappa shape index (κ2) is 6.71. The molecule has 19 heavy (non-hydrogen) atoms. The Kier molecular flexibility index (Phi) is 5.55. The molecule has 1 atom stereocenters. The molecular formula is C16H26N2O. The number of amides is 1. The van der Waals surface area contributed by atoms with E-state index in [0.717, 1.165) is 6.42 Å². The number of carbonyl (C=O) groups is 1. The maximum atomic E-state index is 11.8. The summed E-state index contributed by atoms with van der Waals surface area (Å²) in [5, 5.41) is 2.88. The quantitative estimate of drug-likeness (QED) is 0.828. The number of benzene rings is 1. The highest BCUT2D eigenvalue weighted by Crippen LogP contribution is 2.19. The van der Waals surface area contributed by atoms with Gasteiger partial charge >= 0.3 is 0 Å². The van der Waals surface area contributed by atoms with Crippen molar-refractivity contribution in [1.29, 1.82) is 0 Å². The average Bonchev–Trinajstić information content (AvgIpc) is 2.35. The van der Waals surface area contributed by atoms with Crippen LogP contribution in [0.2, 0.25) is 0 Å². The molecule has 1 amide bonds. The molecule has 0 saturated heterocycles. The summed E-state index contributed by atoms with van der Waals surface area (Å²) in [6.45, 7) is 8.53. The average molecular weight is 262 g/mol. The molecule has 0 fully saturated rings. The first kappa shape index (κ1) is 15.7. The molecule has 0 aliphatic heterocycles. The van der Waals surface area contributed by atoms with Gasteiger partial charge in [-0.15, -0.1) is 0 Å². The first-order valence-electron chi connectivity index (χ1n) is 6.96. The standard InChI is InChI=1S/C16H26N2O/c1-5-13-6-8-14(9-7-13)12(2)10-15(19)18-11-16(3,4)17/h6-9,12H,5,10-11,17H2,1-4H3,(H,18,19). The minimum Gasteiger partial charge on any atom is -0.354 e. The number of hydrogen-bond acceptors (Lipinski definition) is 2. The monoisotopic (exact) mass is 262 g/mol. The van der Waals surface area contributed by atoms with Crippen LogP contribution in [0.1, 0.15) is 51.2 Å². The van der Waals surface area contributed by atoms with E-state index in [4.69, 9.17) is 5.73 Å². The Morgan fingerprint density at radius 3 is 2.37 bits per heavy atom. The molecule has 0 saturated carbocycles. The second-order valence-electron chi connectivity index (χ2n) is 5.97. The van der Waals surface area contributed by atoms with Gasteiger partial charge in [0, 0.05) is 18.5 Å². The molecule has 0 aromatic heterocycles. The zero-order chi connectivity index (χ0) is 14.5. The summed E-state index contributed by atoms with van der Waals surface area (Å²) >= 11 is 0. The van der Waals surface area contributed by atoms with E-state index in [0.29, 0.717) is 13.0 Å². The third-order valence-electron chi connectivity index (χ3n) is 3.19. The highest BCUT2D eigenvalue weighted by atomic mass is 16.1. The van der Waals surface area contributed by atoms with Crippen molar-refractivity contribution in [3.63, 3.8) is 0 Å². The van der Waals surface area contributed by atoms with Gasteiger partial charge in [0.05, 0.1) is 0 Å². The van der Waals surface area contributed by atoms with Crippen LogP contribution in [0.4, 0.5) is 0 Å². The van der Waals surface area contributed by atoms with Crippen LogP contribution in [-0.2, 0) is 11.2 Å². The van der Waals surface area contributed by atoms with Gasteiger partial charge in [0.25, 0.3) is 0 Å². The fraction of sp³-hybridized carbons (Fsp3) is 0.562. The number of aryl methyl sites for hydroxylation is 1. The molecule has 3 heteroatoms. The van der Waals surface area contributed by atoms with Crippen molar-refractivity contribution in [3.8, 4) is 0 Å². The molecule has 3 N–H and O–H groups in total. The topological polar surface area (TPSA) is 55.1 Å². The Morgan fingerprint density at radius 1 is 1.32 bits per heavy atom. The van der Waals surface area contributed by atoms with E-state index < -0.39 is 0 Å². The molecule has 0 radical (unpaired) electrons. The maximum absolute atomic E-state index is 11.8. The fourth-order valence-electron chi connectivity index (χ4n) is 1.88. The third-order valence-corrected chi connectivity index (χ3v) is 3.19. The maximum Gasteiger partial charge on any atom is 0.220 e. The van der Waals surface area contributed by atoms with Gasteiger partial charge in [-0.2, -0.15) is 0 Å². The fourth-order valence-corrected chi connectivity index (χ4v) is 1.88. The Morgan fingerprint density at radius 2 is 1.89 bits per heavy atom. The van der Waals surface area contributed by atoms with Crippen LogP contribution in [0.25, 0.3) is 0 Å². The number of hydrogen-bond donors (Lipinski definition) is 2. The zero-order valence-corrected chi connectivity index (χ0v) is 12.5. The molecule has 1 unspecified atom stereocenters. The predicted octanol–water partition coefficient (Wildman–Crippen LogP) is 2.60. The Bertz CT molecular complexity index is 404. The molecule has 0 bridgehead atoms. The van der Waals surface area contributed by atoms with Crippen LogP contribution < -0.4 is 11.1 Å². The molecule has 0 aliphatic carbocycles. The van der Waals surface area contributed by atoms with Crippen molar-refractivity contribution in [2.75, 3.05) is 6.54 Å². The van der Waals surface area contributed by atoms with E-state index in [1.54, 1.807) is 0 Å². The molecule has 3 nitrogen and oxygen atoms in total. The lowest BCUT2D eigenvalue weighted by Gasteiger charge is -2.20. The third kappa shape index (κ3) is 5.88. The van der Waals surface area contributed by atoms with E-state index >= 15 is 0 Å². The largest absolute Gasteiger partial charge is 0.354 e. The minimum absolute atomic E-state index is 0.0607. The van der Waals surface area contributed by atoms with Crippen LogP contribution in [0.15, 0.2) is 24.3 Å². The van der Waals surface area contributed by atoms with E-state index in [9.17, 15) is 4.79 Å². The molecular weight excluding hydrogens is 236 g/mol. The van der Waals surface area contributed by atoms with Gasteiger partial charge in [0.2, 0.25) is 5.91 Å². The Balaban J connectivity index is 2.49. The van der Waals surface area contributed by atoms with Crippen molar-refractivity contribution in [1.82, 2.24) is 5.32 Å². The van der Waals surface area contributed by atoms with Crippen LogP contribution in [0, 0.1) is 0 Å². The van der Waals surface area contributed by atoms with E-state index in [2.05, 4.69) is 43.4 Å². The summed E-state index contributed by atoms with van der Waals surface area (Å²) in [4.78, 5) is 11.8. The summed E-state index contributed by atoms with van der Waals surface area (Å²) in [5.41, 5.74) is 8.02. The highest BCUT2D eigenvalue weighted by Gasteiger charge is 2.15. The van der Waals surface area contributed by atoms with Crippen molar-refractivity contribution in [2.24, 2.45) is 5.73 Å². The molecule has 0 heterocycles. The van der Waals surface area contributed by atoms with Crippen molar-refractivity contribution in [2.45, 2.75) is 52.0 Å². The normalized spacial score (nSPS) is 13.1. The molecule has 1 rings (SSSR count). The van der Waals surface area contributed by atoms with Gasteiger partial charge in [-0.3, -0.25) is 4.79 Å². The SMILES string of the molecule is CCc1ccc(C(C)CC(=O)NCC(C)(C)N)cc1. The van der Waals surface area contributed by atoms with E-state index in [1.165, 1.54) is 11.1 Å². The predicted molar refractivity (Wildman–Crippen MR) is 80.1 cm³/mol. The summed E-state index contributed by atoms with van der Waals surface area (Å²) in [7, 11) is 0. The number of rotatable bonds is 6. The summed E-state index contributed by atoms with van der Waals surface area (Å²) in [6, 6.07) is 8.49. The molecule has 1 aromatic carbocycles. The lowest BCUT2D eigenvalue weighted by atomic mass is 9.96. The number of nitrogens with one attached hydrogen (secondary N) is 1. The van der Waals surface area contributed by atoms with Gasteiger partial charge in [0.15, 0.2) is 0 Å². The first-order chi connectivity index (χ1) is 8.81. The summed E-state index contributed by atoms with van der Waals surface area (Å²) in [5.74, 6) is 0.289. The highest BCUT2D eigenvalue weighted by molar-refractivity contribution is 5.76.